The minimum atomic E-state index is 0.222. The molecular formula is C15H19NO. The summed E-state index contributed by atoms with van der Waals surface area (Å²) < 4.78 is 0. The van der Waals surface area contributed by atoms with Gasteiger partial charge in [-0.25, -0.2) is 0 Å². The van der Waals surface area contributed by atoms with E-state index in [9.17, 15) is 4.79 Å². The Bertz CT molecular complexity index is 401. The van der Waals surface area contributed by atoms with E-state index >= 15 is 0 Å². The van der Waals surface area contributed by atoms with E-state index in [0.29, 0.717) is 17.7 Å². The van der Waals surface area contributed by atoms with Gasteiger partial charge in [-0.15, -0.1) is 0 Å². The van der Waals surface area contributed by atoms with Crippen LogP contribution in [0.3, 0.4) is 0 Å². The van der Waals surface area contributed by atoms with Crippen molar-refractivity contribution in [2.45, 2.75) is 37.6 Å². The average molecular weight is 229 g/mol. The fourth-order valence-electron chi connectivity index (χ4n) is 3.40. The number of carbonyl (C=O) groups excluding carboxylic acids is 1. The van der Waals surface area contributed by atoms with Gasteiger partial charge in [-0.2, -0.15) is 0 Å². The summed E-state index contributed by atoms with van der Waals surface area (Å²) in [5.41, 5.74) is 1.32. The third kappa shape index (κ3) is 2.02. The van der Waals surface area contributed by atoms with Crippen molar-refractivity contribution < 1.29 is 4.79 Å². The molecule has 1 saturated carbocycles. The first-order valence-corrected chi connectivity index (χ1v) is 6.67. The van der Waals surface area contributed by atoms with Gasteiger partial charge < -0.3 is 5.32 Å². The smallest absolute Gasteiger partial charge is 0.138 e. The van der Waals surface area contributed by atoms with Crippen LogP contribution in [0, 0.1) is 5.92 Å². The van der Waals surface area contributed by atoms with Gasteiger partial charge in [0, 0.05) is 30.8 Å². The highest BCUT2D eigenvalue weighted by Crippen LogP contribution is 2.37. The van der Waals surface area contributed by atoms with Crippen molar-refractivity contribution in [3.8, 4) is 0 Å². The van der Waals surface area contributed by atoms with Crippen molar-refractivity contribution in [3.63, 3.8) is 0 Å². The first-order valence-electron chi connectivity index (χ1n) is 6.67. The van der Waals surface area contributed by atoms with Gasteiger partial charge >= 0.3 is 0 Å². The zero-order valence-corrected chi connectivity index (χ0v) is 10.1. The van der Waals surface area contributed by atoms with Gasteiger partial charge in [0.05, 0.1) is 0 Å². The number of Topliss-reactive ketones (excluding diaryl/α,β-unsaturated/α-hetero) is 1. The molecule has 2 nitrogen and oxygen atoms in total. The van der Waals surface area contributed by atoms with Crippen molar-refractivity contribution in [1.82, 2.24) is 5.32 Å². The zero-order chi connectivity index (χ0) is 11.7. The van der Waals surface area contributed by atoms with E-state index in [1.807, 2.05) is 6.07 Å². The van der Waals surface area contributed by atoms with Crippen molar-refractivity contribution in [1.29, 1.82) is 0 Å². The quantitative estimate of drug-likeness (QED) is 0.801. The van der Waals surface area contributed by atoms with E-state index in [2.05, 4.69) is 29.6 Å². The largest absolute Gasteiger partial charge is 0.313 e. The van der Waals surface area contributed by atoms with Crippen LogP contribution in [-0.2, 0) is 4.79 Å². The Kier molecular flexibility index (Phi) is 2.98. The van der Waals surface area contributed by atoms with Crippen LogP contribution < -0.4 is 5.32 Å². The number of hydrogen-bond acceptors (Lipinski definition) is 2. The van der Waals surface area contributed by atoms with E-state index in [1.165, 1.54) is 18.4 Å². The van der Waals surface area contributed by atoms with Crippen molar-refractivity contribution >= 4 is 5.78 Å². The van der Waals surface area contributed by atoms with Gasteiger partial charge in [-0.3, -0.25) is 4.79 Å². The molecule has 1 aliphatic carbocycles. The predicted octanol–water partition coefficient (Wildman–Crippen LogP) is 2.50. The minimum Gasteiger partial charge on any atom is -0.313 e. The first kappa shape index (κ1) is 11.0. The van der Waals surface area contributed by atoms with Crippen LogP contribution in [0.15, 0.2) is 30.3 Å². The van der Waals surface area contributed by atoms with Crippen molar-refractivity contribution in [2.24, 2.45) is 5.92 Å². The Labute approximate surface area is 102 Å². The molecule has 1 aromatic carbocycles. The van der Waals surface area contributed by atoms with Crippen LogP contribution in [0.25, 0.3) is 0 Å². The maximum atomic E-state index is 12.2. The lowest BCUT2D eigenvalue weighted by atomic mass is 9.82. The predicted molar refractivity (Wildman–Crippen MR) is 67.9 cm³/mol. The van der Waals surface area contributed by atoms with Crippen molar-refractivity contribution in [2.75, 3.05) is 6.54 Å². The molecule has 17 heavy (non-hydrogen) atoms. The fourth-order valence-corrected chi connectivity index (χ4v) is 3.40. The molecule has 0 radical (unpaired) electrons. The lowest BCUT2D eigenvalue weighted by molar-refractivity contribution is -0.123. The molecule has 1 saturated heterocycles. The molecule has 1 heterocycles. The summed E-state index contributed by atoms with van der Waals surface area (Å²) in [5, 5.41) is 3.56. The van der Waals surface area contributed by atoms with Gasteiger partial charge in [-0.1, -0.05) is 36.8 Å². The molecule has 90 valence electrons. The van der Waals surface area contributed by atoms with Crippen LogP contribution in [0.4, 0.5) is 0 Å². The van der Waals surface area contributed by atoms with Crippen LogP contribution in [0.2, 0.25) is 0 Å². The number of rotatable bonds is 1. The number of hydrogen-bond donors (Lipinski definition) is 1. The lowest BCUT2D eigenvalue weighted by Gasteiger charge is -2.20. The molecular weight excluding hydrogens is 210 g/mol. The third-order valence-corrected chi connectivity index (χ3v) is 4.25. The second-order valence-electron chi connectivity index (χ2n) is 5.27. The summed E-state index contributed by atoms with van der Waals surface area (Å²) in [6.07, 6.45) is 4.22. The normalized spacial score (nSPS) is 33.2. The molecule has 0 amide bonds. The molecule has 2 heteroatoms. The Hall–Kier alpha value is -1.15. The molecule has 0 aromatic heterocycles. The third-order valence-electron chi connectivity index (χ3n) is 4.25. The second-order valence-corrected chi connectivity index (χ2v) is 5.27. The van der Waals surface area contributed by atoms with E-state index < -0.39 is 0 Å². The highest BCUT2D eigenvalue weighted by molar-refractivity contribution is 5.83. The molecule has 0 unspecified atom stereocenters. The second kappa shape index (κ2) is 4.61. The van der Waals surface area contributed by atoms with Gasteiger partial charge in [0.25, 0.3) is 0 Å². The number of fused-ring (bicyclic) bond motifs is 1. The van der Waals surface area contributed by atoms with E-state index in [1.54, 1.807) is 0 Å². The first-order chi connectivity index (χ1) is 8.36. The Morgan fingerprint density at radius 2 is 1.94 bits per heavy atom. The van der Waals surface area contributed by atoms with Crippen LogP contribution >= 0.6 is 0 Å². The average Bonchev–Trinajstić information content (AvgIpc) is 2.71. The Balaban J connectivity index is 1.89. The Morgan fingerprint density at radius 3 is 2.76 bits per heavy atom. The highest BCUT2D eigenvalue weighted by atomic mass is 16.1. The SMILES string of the molecule is O=C1CCCC[C@H]2NC[C@H](c3ccccc3)[C@@H]12. The summed E-state index contributed by atoms with van der Waals surface area (Å²) in [6.45, 7) is 0.963. The summed E-state index contributed by atoms with van der Waals surface area (Å²) >= 11 is 0. The fraction of sp³-hybridized carbons (Fsp3) is 0.533. The lowest BCUT2D eigenvalue weighted by Crippen LogP contribution is -2.30. The maximum Gasteiger partial charge on any atom is 0.138 e. The van der Waals surface area contributed by atoms with Gasteiger partial charge in [0.15, 0.2) is 0 Å². The van der Waals surface area contributed by atoms with Crippen LogP contribution in [-0.4, -0.2) is 18.4 Å². The highest BCUT2D eigenvalue weighted by Gasteiger charge is 2.41. The molecule has 0 spiro atoms. The summed E-state index contributed by atoms with van der Waals surface area (Å²) in [4.78, 5) is 12.2. The van der Waals surface area contributed by atoms with E-state index in [-0.39, 0.29) is 5.92 Å². The standard InChI is InChI=1S/C15H19NO/c17-14-9-5-4-8-13-15(14)12(10-16-13)11-6-2-1-3-7-11/h1-3,6-7,12-13,15-16H,4-5,8-10H2/t12-,13-,15-/m1/s1. The topological polar surface area (TPSA) is 29.1 Å². The maximum absolute atomic E-state index is 12.2. The number of nitrogens with one attached hydrogen (secondary N) is 1. The monoisotopic (exact) mass is 229 g/mol. The Morgan fingerprint density at radius 1 is 1.12 bits per heavy atom. The molecule has 1 aromatic rings. The summed E-state index contributed by atoms with van der Waals surface area (Å²) in [7, 11) is 0. The van der Waals surface area contributed by atoms with Crippen LogP contribution in [0.1, 0.15) is 37.2 Å². The molecule has 1 N–H and O–H groups in total. The molecule has 3 rings (SSSR count). The number of benzene rings is 1. The molecule has 1 aliphatic heterocycles. The molecule has 2 fully saturated rings. The van der Waals surface area contributed by atoms with Gasteiger partial charge in [0.1, 0.15) is 5.78 Å². The van der Waals surface area contributed by atoms with E-state index in [4.69, 9.17) is 0 Å². The van der Waals surface area contributed by atoms with Crippen LogP contribution in [0.5, 0.6) is 0 Å². The summed E-state index contributed by atoms with van der Waals surface area (Å²) in [6, 6.07) is 10.9. The molecule has 3 atom stereocenters. The van der Waals surface area contributed by atoms with Gasteiger partial charge in [0.2, 0.25) is 0 Å². The minimum absolute atomic E-state index is 0.222. The number of ketones is 1. The zero-order valence-electron chi connectivity index (χ0n) is 10.1. The molecule has 0 bridgehead atoms. The molecule has 2 aliphatic rings. The van der Waals surface area contributed by atoms with Crippen molar-refractivity contribution in [3.05, 3.63) is 35.9 Å². The number of carbonyl (C=O) groups is 1. The van der Waals surface area contributed by atoms with Gasteiger partial charge in [-0.05, 0) is 18.4 Å². The summed E-state index contributed by atoms with van der Waals surface area (Å²) in [5.74, 6) is 1.10. The van der Waals surface area contributed by atoms with E-state index in [0.717, 1.165) is 19.4 Å².